The van der Waals surface area contributed by atoms with Gasteiger partial charge in [0.15, 0.2) is 0 Å². The summed E-state index contributed by atoms with van der Waals surface area (Å²) in [5.74, 6) is 0. The molecule has 0 spiro atoms. The van der Waals surface area contributed by atoms with Crippen LogP contribution in [0.25, 0.3) is 0 Å². The maximum atomic E-state index is 7.17. The Morgan fingerprint density at radius 3 is 0.250 bits per heavy atom. The van der Waals surface area contributed by atoms with Gasteiger partial charge in [0, 0.05) is 0 Å². The fourth-order valence-electron chi connectivity index (χ4n) is 0. The molecule has 26 N–H and O–H groups in total. The second-order valence-electron chi connectivity index (χ2n) is 1.39. The first kappa shape index (κ1) is 86.6. The summed E-state index contributed by atoms with van der Waals surface area (Å²) in [6.07, 6.45) is 0. The van der Waals surface area contributed by atoms with Crippen LogP contribution < -0.4 is 0 Å². The summed E-state index contributed by atoms with van der Waals surface area (Å²) in [4.78, 5) is 0. The molecule has 0 fully saturated rings. The average Bonchev–Trinajstić information content (AvgIpc) is 1.76. The quantitative estimate of drug-likeness (QED) is 0.169. The van der Waals surface area contributed by atoms with Crippen molar-refractivity contribution in [2.75, 3.05) is 0 Å². The minimum absolute atomic E-state index is 0. The second-order valence-corrected chi connectivity index (χ2v) is 1.39. The van der Waals surface area contributed by atoms with Crippen LogP contribution in [0, 0.1) is 0 Å². The second kappa shape index (κ2) is 76.1. The van der Waals surface area contributed by atoms with Gasteiger partial charge in [0.1, 0.15) is 0 Å². The molecule has 0 aromatic carbocycles. The first-order valence-corrected chi connectivity index (χ1v) is 3.10. The van der Waals surface area contributed by atoms with Gasteiger partial charge in [-0.1, -0.05) is 0 Å². The van der Waals surface area contributed by atoms with Crippen LogP contribution >= 0.6 is 0 Å². The van der Waals surface area contributed by atoms with Crippen molar-refractivity contribution in [1.82, 2.24) is 0 Å². The van der Waals surface area contributed by atoms with Crippen molar-refractivity contribution in [3.8, 4) is 0 Å². The Kier molecular flexibility index (Phi) is 275. The molecule has 0 aromatic heterocycles. The van der Waals surface area contributed by atoms with Crippen LogP contribution in [0.4, 0.5) is 0 Å². The van der Waals surface area contributed by atoms with E-state index in [4.69, 9.17) is 60.3 Å². The summed E-state index contributed by atoms with van der Waals surface area (Å²) in [5.41, 5.74) is 0. The van der Waals surface area contributed by atoms with E-state index in [0.29, 0.717) is 0 Å². The molecule has 0 aliphatic carbocycles. The van der Waals surface area contributed by atoms with E-state index in [0.717, 1.165) is 0 Å². The number of hydrogen-bond donors (Lipinski definition) is 12. The molecule has 24 heavy (non-hydrogen) atoms. The summed E-state index contributed by atoms with van der Waals surface area (Å²) in [5, 5.41) is 86.0. The van der Waals surface area contributed by atoms with Crippen LogP contribution in [0.15, 0.2) is 0 Å². The fraction of sp³-hybridized carbons (Fsp3) is 0. The molecule has 0 radical (unpaired) electrons. The van der Waals surface area contributed by atoms with E-state index in [1.54, 1.807) is 0 Å². The van der Waals surface area contributed by atoms with Gasteiger partial charge in [-0.3, -0.25) is 0 Å². The fourth-order valence-corrected chi connectivity index (χ4v) is 0. The molecule has 0 rings (SSSR count). The molecule has 0 amide bonds. The van der Waals surface area contributed by atoms with Gasteiger partial charge in [0.2, 0.25) is 0 Å². The van der Waals surface area contributed by atoms with Crippen molar-refractivity contribution >= 4 is 58.8 Å². The minimum atomic E-state index is -2.17. The SMILES string of the molecule is O.O.O.O.O.O.O.OB(O)O.OB(O)O.OB(O)O.OB(O)O.[NaH]. The van der Waals surface area contributed by atoms with Crippen molar-refractivity contribution in [2.45, 2.75) is 0 Å². The number of hydrogen-bond acceptors (Lipinski definition) is 12. The van der Waals surface area contributed by atoms with Crippen molar-refractivity contribution < 1.29 is 98.6 Å². The molecule has 19 nitrogen and oxygen atoms in total. The maximum absolute atomic E-state index is 7.17. The van der Waals surface area contributed by atoms with Crippen molar-refractivity contribution in [3.63, 3.8) is 0 Å². The zero-order chi connectivity index (χ0) is 14.3. The summed E-state index contributed by atoms with van der Waals surface area (Å²) < 4.78 is 0. The van der Waals surface area contributed by atoms with E-state index in [9.17, 15) is 0 Å². The summed E-state index contributed by atoms with van der Waals surface area (Å²) in [6.45, 7) is 0. The van der Waals surface area contributed by atoms with E-state index in [1.807, 2.05) is 0 Å². The third-order valence-electron chi connectivity index (χ3n) is 0. The molecule has 0 atom stereocenters. The van der Waals surface area contributed by atoms with E-state index >= 15 is 0 Å². The predicted molar refractivity (Wildman–Crippen MR) is 82.1 cm³/mol. The molecule has 0 heterocycles. The van der Waals surface area contributed by atoms with E-state index in [1.165, 1.54) is 0 Å². The zero-order valence-electron chi connectivity index (χ0n) is 11.2. The standard InChI is InChI=1S/4BH3O3.Na.7H2O.H/c4*2-1(3)4;;;;;;;;;/h4*2-4H;;7*1H2;. The van der Waals surface area contributed by atoms with Gasteiger partial charge in [0.25, 0.3) is 0 Å². The Morgan fingerprint density at radius 1 is 0.250 bits per heavy atom. The van der Waals surface area contributed by atoms with Crippen LogP contribution in [-0.2, 0) is 0 Å². The Hall–Kier alpha value is 0.500. The average molecular weight is 397 g/mol. The molecule has 24 heteroatoms. The molecule has 0 unspecified atom stereocenters. The first-order chi connectivity index (χ1) is 6.93. The van der Waals surface area contributed by atoms with Gasteiger partial charge in [-0.05, 0) is 0 Å². The van der Waals surface area contributed by atoms with E-state index < -0.39 is 29.3 Å². The Balaban J connectivity index is -0.00000000720. The molecule has 0 bridgehead atoms. The van der Waals surface area contributed by atoms with Gasteiger partial charge in [0.05, 0.1) is 0 Å². The van der Waals surface area contributed by atoms with E-state index in [-0.39, 0.29) is 67.9 Å². The third-order valence-corrected chi connectivity index (χ3v) is 0. The van der Waals surface area contributed by atoms with E-state index in [2.05, 4.69) is 0 Å². The molecule has 154 valence electrons. The van der Waals surface area contributed by atoms with Gasteiger partial charge in [-0.25, -0.2) is 0 Å². The van der Waals surface area contributed by atoms with Crippen LogP contribution in [0.3, 0.4) is 0 Å². The van der Waals surface area contributed by atoms with Gasteiger partial charge >= 0.3 is 58.8 Å². The van der Waals surface area contributed by atoms with Crippen molar-refractivity contribution in [1.29, 1.82) is 0 Å². The molecule has 0 aromatic rings. The van der Waals surface area contributed by atoms with Crippen molar-refractivity contribution in [3.05, 3.63) is 0 Å². The normalized spacial score (nSPS) is 4.50. The Morgan fingerprint density at radius 2 is 0.250 bits per heavy atom. The molecular weight excluding hydrogens is 370 g/mol. The number of rotatable bonds is 0. The van der Waals surface area contributed by atoms with Crippen LogP contribution in [0.5, 0.6) is 0 Å². The first-order valence-electron chi connectivity index (χ1n) is 3.10. The molecule has 0 aliphatic heterocycles. The van der Waals surface area contributed by atoms with Crippen molar-refractivity contribution in [2.24, 2.45) is 0 Å². The zero-order valence-corrected chi connectivity index (χ0v) is 11.2. The Labute approximate surface area is 157 Å². The van der Waals surface area contributed by atoms with Gasteiger partial charge < -0.3 is 98.6 Å². The molecule has 0 saturated carbocycles. The molecule has 0 saturated heterocycles. The summed E-state index contributed by atoms with van der Waals surface area (Å²) in [7, 11) is -8.67. The van der Waals surface area contributed by atoms with Crippen LogP contribution in [0.2, 0.25) is 0 Å². The molecule has 0 aliphatic rings. The van der Waals surface area contributed by atoms with Gasteiger partial charge in [-0.2, -0.15) is 0 Å². The molecular formula is H27B4NaO19. The van der Waals surface area contributed by atoms with Crippen LogP contribution in [-0.4, -0.2) is 157 Å². The third kappa shape index (κ3) is 41600. The predicted octanol–water partition coefficient (Wildman–Crippen LogP) is -14.6. The summed E-state index contributed by atoms with van der Waals surface area (Å²) >= 11 is 0. The van der Waals surface area contributed by atoms with Crippen LogP contribution in [0.1, 0.15) is 0 Å². The van der Waals surface area contributed by atoms with Gasteiger partial charge in [-0.15, -0.1) is 0 Å². The monoisotopic (exact) mass is 398 g/mol. The summed E-state index contributed by atoms with van der Waals surface area (Å²) in [6, 6.07) is 0. The Bertz CT molecular complexity index is 64.3. The topological polar surface area (TPSA) is 463 Å².